The Hall–Kier alpha value is -3.63. The summed E-state index contributed by atoms with van der Waals surface area (Å²) in [5, 5.41) is 21.6. The molecule has 0 aliphatic heterocycles. The summed E-state index contributed by atoms with van der Waals surface area (Å²) in [7, 11) is 1.81. The van der Waals surface area contributed by atoms with Crippen molar-refractivity contribution >= 4 is 17.3 Å². The number of benzene rings is 2. The van der Waals surface area contributed by atoms with Crippen LogP contribution in [0.3, 0.4) is 0 Å². The first-order valence-corrected chi connectivity index (χ1v) is 13.2. The highest BCUT2D eigenvalue weighted by atomic mass is 32.1. The Balaban J connectivity index is 1.59. The number of hydrogen-bond acceptors (Lipinski definition) is 5. The zero-order chi connectivity index (χ0) is 28.5. The number of hydrogen-bond donors (Lipinski definition) is 2. The van der Waals surface area contributed by atoms with Crippen LogP contribution < -0.4 is 10.1 Å². The zero-order valence-electron chi connectivity index (χ0n) is 22.3. The Bertz CT molecular complexity index is 1440. The average molecular weight is 558 g/mol. The van der Waals surface area contributed by atoms with E-state index in [0.29, 0.717) is 23.6 Å². The van der Waals surface area contributed by atoms with E-state index in [1.165, 1.54) is 26.0 Å². The highest BCUT2D eigenvalue weighted by molar-refractivity contribution is 7.08. The number of aromatic nitrogens is 2. The zero-order valence-corrected chi connectivity index (χ0v) is 23.1. The largest absolute Gasteiger partial charge is 0.478 e. The number of aryl methyl sites for hydroxylation is 3. The monoisotopic (exact) mass is 557 g/mol. The number of rotatable bonds is 9. The molecule has 0 bridgehead atoms. The minimum Gasteiger partial charge on any atom is -0.478 e. The third-order valence-corrected chi connectivity index (χ3v) is 7.20. The SMILES string of the molecule is Cc1cc(CNC(c2ccsc2)c2cc(-c3ccc(C(F)(F)F)cc3)nn2C)cc(C)c1OC(C)(C)C(=O)O. The molecule has 1 atom stereocenters. The smallest absolute Gasteiger partial charge is 0.416 e. The topological polar surface area (TPSA) is 76.4 Å². The number of carboxylic acids is 1. The first-order chi connectivity index (χ1) is 18.3. The summed E-state index contributed by atoms with van der Waals surface area (Å²) >= 11 is 1.57. The van der Waals surface area contributed by atoms with Crippen molar-refractivity contribution in [2.75, 3.05) is 0 Å². The number of halogens is 3. The van der Waals surface area contributed by atoms with E-state index in [0.717, 1.165) is 40.1 Å². The van der Waals surface area contributed by atoms with Crippen LogP contribution >= 0.6 is 11.3 Å². The molecule has 0 aliphatic rings. The van der Waals surface area contributed by atoms with Gasteiger partial charge in [0.15, 0.2) is 5.60 Å². The van der Waals surface area contributed by atoms with E-state index in [2.05, 4.69) is 10.4 Å². The van der Waals surface area contributed by atoms with Gasteiger partial charge in [0.05, 0.1) is 23.0 Å². The fourth-order valence-corrected chi connectivity index (χ4v) is 5.06. The second-order valence-corrected chi connectivity index (χ2v) is 10.8. The van der Waals surface area contributed by atoms with Crippen molar-refractivity contribution < 1.29 is 27.8 Å². The Morgan fingerprint density at radius 3 is 2.28 bits per heavy atom. The molecule has 0 saturated heterocycles. The summed E-state index contributed by atoms with van der Waals surface area (Å²) in [6.45, 7) is 7.31. The fourth-order valence-electron chi connectivity index (χ4n) is 4.38. The number of aliphatic carboxylic acids is 1. The van der Waals surface area contributed by atoms with Crippen molar-refractivity contribution in [2.45, 2.75) is 52.1 Å². The average Bonchev–Trinajstić information content (AvgIpc) is 3.52. The number of nitrogens with zero attached hydrogens (tertiary/aromatic N) is 2. The molecule has 0 saturated carbocycles. The van der Waals surface area contributed by atoms with Crippen LogP contribution in [0.1, 0.15) is 53.4 Å². The van der Waals surface area contributed by atoms with Gasteiger partial charge >= 0.3 is 12.1 Å². The minimum absolute atomic E-state index is 0.223. The van der Waals surface area contributed by atoms with Crippen LogP contribution in [0.2, 0.25) is 0 Å². The predicted molar refractivity (Wildman–Crippen MR) is 145 cm³/mol. The maximum Gasteiger partial charge on any atom is 0.416 e. The molecule has 4 aromatic rings. The summed E-state index contributed by atoms with van der Waals surface area (Å²) in [6.07, 6.45) is -4.39. The highest BCUT2D eigenvalue weighted by Gasteiger charge is 2.31. The number of thiophene rings is 1. The van der Waals surface area contributed by atoms with E-state index in [4.69, 9.17) is 4.74 Å². The lowest BCUT2D eigenvalue weighted by Crippen LogP contribution is -2.38. The molecule has 1 unspecified atom stereocenters. The Labute approximate surface area is 229 Å². The van der Waals surface area contributed by atoms with Crippen LogP contribution in [0.25, 0.3) is 11.3 Å². The Morgan fingerprint density at radius 1 is 1.10 bits per heavy atom. The van der Waals surface area contributed by atoms with Gasteiger partial charge in [-0.3, -0.25) is 4.68 Å². The van der Waals surface area contributed by atoms with Gasteiger partial charge in [0.1, 0.15) is 5.75 Å². The summed E-state index contributed by atoms with van der Waals surface area (Å²) in [5.74, 6) is -0.495. The molecular weight excluding hydrogens is 527 g/mol. The maximum atomic E-state index is 13.0. The molecule has 2 aromatic heterocycles. The van der Waals surface area contributed by atoms with Gasteiger partial charge in [-0.25, -0.2) is 4.79 Å². The van der Waals surface area contributed by atoms with Crippen LogP contribution in [-0.4, -0.2) is 26.5 Å². The molecule has 2 aromatic carbocycles. The molecule has 0 radical (unpaired) electrons. The fraction of sp³-hybridized carbons (Fsp3) is 0.310. The van der Waals surface area contributed by atoms with E-state index in [1.54, 1.807) is 16.0 Å². The van der Waals surface area contributed by atoms with Crippen molar-refractivity contribution in [1.29, 1.82) is 0 Å². The molecule has 10 heteroatoms. The molecule has 4 rings (SSSR count). The van der Waals surface area contributed by atoms with E-state index in [1.807, 2.05) is 55.9 Å². The Morgan fingerprint density at radius 2 is 1.74 bits per heavy atom. The van der Waals surface area contributed by atoms with Gasteiger partial charge in [0.2, 0.25) is 0 Å². The van der Waals surface area contributed by atoms with Gasteiger partial charge in [-0.15, -0.1) is 0 Å². The number of ether oxygens (including phenoxy) is 1. The number of carboxylic acid groups (broad SMARTS) is 1. The number of carbonyl (C=O) groups is 1. The molecule has 6 nitrogen and oxygen atoms in total. The number of alkyl halides is 3. The van der Waals surface area contributed by atoms with Gasteiger partial charge in [0.25, 0.3) is 0 Å². The van der Waals surface area contributed by atoms with Gasteiger partial charge in [-0.05, 0) is 85.0 Å². The lowest BCUT2D eigenvalue weighted by Gasteiger charge is -2.25. The van der Waals surface area contributed by atoms with Crippen LogP contribution in [0, 0.1) is 13.8 Å². The minimum atomic E-state index is -4.39. The van der Waals surface area contributed by atoms with Gasteiger partial charge in [-0.2, -0.15) is 29.6 Å². The number of nitrogens with one attached hydrogen (secondary N) is 1. The third-order valence-electron chi connectivity index (χ3n) is 6.50. The van der Waals surface area contributed by atoms with Crippen LogP contribution in [0.15, 0.2) is 59.3 Å². The molecule has 0 amide bonds. The van der Waals surface area contributed by atoms with Gasteiger partial charge in [0, 0.05) is 19.2 Å². The predicted octanol–water partition coefficient (Wildman–Crippen LogP) is 6.91. The van der Waals surface area contributed by atoms with Crippen molar-refractivity contribution in [2.24, 2.45) is 7.05 Å². The van der Waals surface area contributed by atoms with Crippen molar-refractivity contribution in [3.63, 3.8) is 0 Å². The van der Waals surface area contributed by atoms with Crippen molar-refractivity contribution in [3.05, 3.63) is 92.8 Å². The molecule has 0 aliphatic carbocycles. The normalized spacial score (nSPS) is 12.9. The standard InChI is InChI=1S/C29H30F3N3O3S/c1-17-12-19(13-18(2)26(17)38-28(3,4)27(36)37)15-33-25(21-10-11-39-16-21)24-14-23(34-35(24)5)20-6-8-22(9-7-20)29(30,31)32/h6-14,16,25,33H,15H2,1-5H3,(H,36,37). The van der Waals surface area contributed by atoms with Gasteiger partial charge in [-0.1, -0.05) is 24.3 Å². The summed E-state index contributed by atoms with van der Waals surface area (Å²) in [5.41, 5.74) is 3.68. The molecule has 2 heterocycles. The summed E-state index contributed by atoms with van der Waals surface area (Å²) < 4.78 is 46.6. The van der Waals surface area contributed by atoms with E-state index < -0.39 is 23.3 Å². The van der Waals surface area contributed by atoms with Crippen LogP contribution in [0.4, 0.5) is 13.2 Å². The molecule has 0 spiro atoms. The first kappa shape index (κ1) is 28.4. The first-order valence-electron chi connectivity index (χ1n) is 12.3. The van der Waals surface area contributed by atoms with Crippen molar-refractivity contribution in [1.82, 2.24) is 15.1 Å². The van der Waals surface area contributed by atoms with Gasteiger partial charge < -0.3 is 15.2 Å². The van der Waals surface area contributed by atoms with Crippen LogP contribution in [0.5, 0.6) is 5.75 Å². The maximum absolute atomic E-state index is 13.0. The third kappa shape index (κ3) is 6.34. The lowest BCUT2D eigenvalue weighted by molar-refractivity contribution is -0.152. The summed E-state index contributed by atoms with van der Waals surface area (Å²) in [6, 6.07) is 12.6. The van der Waals surface area contributed by atoms with E-state index >= 15 is 0 Å². The summed E-state index contributed by atoms with van der Waals surface area (Å²) in [4.78, 5) is 11.5. The molecule has 39 heavy (non-hydrogen) atoms. The highest BCUT2D eigenvalue weighted by Crippen LogP contribution is 2.33. The second-order valence-electron chi connectivity index (χ2n) is 10.0. The Kier molecular flexibility index (Phi) is 7.90. The van der Waals surface area contributed by atoms with Crippen LogP contribution in [-0.2, 0) is 24.6 Å². The molecular formula is C29H30F3N3O3S. The quantitative estimate of drug-likeness (QED) is 0.234. The lowest BCUT2D eigenvalue weighted by atomic mass is 10.0. The second kappa shape index (κ2) is 10.9. The van der Waals surface area contributed by atoms with E-state index in [9.17, 15) is 23.1 Å². The molecule has 2 N–H and O–H groups in total. The molecule has 206 valence electrons. The van der Waals surface area contributed by atoms with E-state index in [-0.39, 0.29) is 6.04 Å². The van der Waals surface area contributed by atoms with Crippen molar-refractivity contribution in [3.8, 4) is 17.0 Å². The molecule has 0 fully saturated rings.